The highest BCUT2D eigenvalue weighted by atomic mass is 19.1. The first-order valence-corrected chi connectivity index (χ1v) is 9.39. The van der Waals surface area contributed by atoms with Crippen LogP contribution in [0.5, 0.6) is 0 Å². The largest absolute Gasteiger partial charge is 0.335 e. The third kappa shape index (κ3) is 3.42. The lowest BCUT2D eigenvalue weighted by Crippen LogP contribution is -2.37. The molecule has 144 valence electrons. The van der Waals surface area contributed by atoms with Crippen molar-refractivity contribution >= 4 is 5.91 Å². The van der Waals surface area contributed by atoms with Crippen LogP contribution >= 0.6 is 0 Å². The highest BCUT2D eigenvalue weighted by Gasteiger charge is 2.31. The zero-order chi connectivity index (χ0) is 19.7. The minimum absolute atomic E-state index is 0.0190. The van der Waals surface area contributed by atoms with Crippen LogP contribution in [0.4, 0.5) is 8.78 Å². The summed E-state index contributed by atoms with van der Waals surface area (Å²) in [6, 6.07) is 12.9. The maximum Gasteiger partial charge on any atom is 0.257 e. The van der Waals surface area contributed by atoms with Crippen molar-refractivity contribution in [3.05, 3.63) is 83.2 Å². The molecule has 1 aromatic heterocycles. The fourth-order valence-electron chi connectivity index (χ4n) is 3.89. The molecular formula is C22H21F2N3O. The molecule has 2 heterocycles. The summed E-state index contributed by atoms with van der Waals surface area (Å²) in [7, 11) is 0. The number of carbonyl (C=O) groups is 1. The second-order valence-electron chi connectivity index (χ2n) is 7.14. The molecule has 3 aromatic rings. The van der Waals surface area contributed by atoms with Crippen LogP contribution in [0.1, 0.15) is 34.5 Å². The van der Waals surface area contributed by atoms with Crippen LogP contribution in [0.3, 0.4) is 0 Å². The maximum absolute atomic E-state index is 14.1. The van der Waals surface area contributed by atoms with Gasteiger partial charge in [0.05, 0.1) is 17.5 Å². The summed E-state index contributed by atoms with van der Waals surface area (Å²) in [6.45, 7) is 2.42. The van der Waals surface area contributed by atoms with Gasteiger partial charge in [-0.15, -0.1) is 0 Å². The third-order valence-corrected chi connectivity index (χ3v) is 5.32. The van der Waals surface area contributed by atoms with E-state index in [1.807, 2.05) is 11.0 Å². The van der Waals surface area contributed by atoms with E-state index >= 15 is 0 Å². The van der Waals surface area contributed by atoms with Crippen LogP contribution in [-0.2, 0) is 6.42 Å². The molecule has 1 aliphatic heterocycles. The first-order valence-electron chi connectivity index (χ1n) is 9.39. The lowest BCUT2D eigenvalue weighted by atomic mass is 10.0. The maximum atomic E-state index is 14.1. The lowest BCUT2D eigenvalue weighted by Gasteiger charge is -2.25. The molecule has 0 radical (unpaired) electrons. The smallest absolute Gasteiger partial charge is 0.257 e. The van der Waals surface area contributed by atoms with Crippen molar-refractivity contribution in [2.24, 2.45) is 0 Å². The molecule has 1 unspecified atom stereocenters. The normalized spacial score (nSPS) is 16.5. The molecular weight excluding hydrogens is 360 g/mol. The highest BCUT2D eigenvalue weighted by Crippen LogP contribution is 2.25. The molecule has 1 saturated heterocycles. The molecule has 0 N–H and O–H groups in total. The molecule has 0 bridgehead atoms. The number of hydrogen-bond acceptors (Lipinski definition) is 2. The Balaban J connectivity index is 1.58. The number of carbonyl (C=O) groups excluding carboxylic acids is 1. The standard InChI is InChI=1S/C22H21F2N3O/c1-15-19(14-25-27(15)21-10-3-2-9-20(21)24)22(28)26-11-5-8-18(26)13-16-6-4-7-17(23)12-16/h2-4,6-7,9-10,12,14,18H,5,8,11,13H2,1H3. The number of benzene rings is 2. The molecule has 1 atom stereocenters. The average Bonchev–Trinajstić information content (AvgIpc) is 3.28. The fourth-order valence-corrected chi connectivity index (χ4v) is 3.89. The number of nitrogens with zero attached hydrogens (tertiary/aromatic N) is 3. The number of aromatic nitrogens is 2. The molecule has 0 saturated carbocycles. The minimum atomic E-state index is -0.391. The van der Waals surface area contributed by atoms with Gasteiger partial charge in [-0.2, -0.15) is 5.10 Å². The quantitative estimate of drug-likeness (QED) is 0.676. The number of para-hydroxylation sites is 1. The van der Waals surface area contributed by atoms with Crippen LogP contribution in [-0.4, -0.2) is 33.2 Å². The van der Waals surface area contributed by atoms with Gasteiger partial charge in [-0.3, -0.25) is 4.79 Å². The van der Waals surface area contributed by atoms with E-state index in [4.69, 9.17) is 0 Å². The Hall–Kier alpha value is -3.02. The van der Waals surface area contributed by atoms with Crippen molar-refractivity contribution in [2.45, 2.75) is 32.2 Å². The van der Waals surface area contributed by atoms with E-state index in [1.54, 1.807) is 31.2 Å². The van der Waals surface area contributed by atoms with Gasteiger partial charge in [0.1, 0.15) is 17.3 Å². The van der Waals surface area contributed by atoms with E-state index in [-0.39, 0.29) is 17.8 Å². The number of rotatable bonds is 4. The highest BCUT2D eigenvalue weighted by molar-refractivity contribution is 5.95. The van der Waals surface area contributed by atoms with Gasteiger partial charge in [0.15, 0.2) is 0 Å². The Bertz CT molecular complexity index is 1010. The Labute approximate surface area is 162 Å². The topological polar surface area (TPSA) is 38.1 Å². The molecule has 4 rings (SSSR count). The molecule has 1 fully saturated rings. The van der Waals surface area contributed by atoms with Crippen molar-refractivity contribution in [3.8, 4) is 5.69 Å². The first-order chi connectivity index (χ1) is 13.5. The van der Waals surface area contributed by atoms with Crippen LogP contribution in [0, 0.1) is 18.6 Å². The van der Waals surface area contributed by atoms with Crippen molar-refractivity contribution in [3.63, 3.8) is 0 Å². The molecule has 0 spiro atoms. The number of hydrogen-bond donors (Lipinski definition) is 0. The molecule has 0 aliphatic carbocycles. The van der Waals surface area contributed by atoms with E-state index in [2.05, 4.69) is 5.10 Å². The molecule has 1 amide bonds. The fraction of sp³-hybridized carbons (Fsp3) is 0.273. The molecule has 28 heavy (non-hydrogen) atoms. The Kier molecular flexibility index (Phi) is 4.94. The van der Waals surface area contributed by atoms with E-state index < -0.39 is 5.82 Å². The predicted octanol–water partition coefficient (Wildman–Crippen LogP) is 4.31. The minimum Gasteiger partial charge on any atom is -0.335 e. The van der Waals surface area contributed by atoms with Gasteiger partial charge in [0.2, 0.25) is 0 Å². The molecule has 1 aliphatic rings. The van der Waals surface area contributed by atoms with E-state index in [0.717, 1.165) is 18.4 Å². The number of halogens is 2. The average molecular weight is 381 g/mol. The van der Waals surface area contributed by atoms with Gasteiger partial charge in [-0.25, -0.2) is 13.5 Å². The summed E-state index contributed by atoms with van der Waals surface area (Å²) in [5.74, 6) is -0.771. The van der Waals surface area contributed by atoms with E-state index in [0.29, 0.717) is 29.9 Å². The summed E-state index contributed by atoms with van der Waals surface area (Å²) < 4.78 is 29.1. The van der Waals surface area contributed by atoms with Gasteiger partial charge in [-0.1, -0.05) is 24.3 Å². The zero-order valence-corrected chi connectivity index (χ0v) is 15.6. The zero-order valence-electron chi connectivity index (χ0n) is 15.6. The Morgan fingerprint density at radius 2 is 2.00 bits per heavy atom. The summed E-state index contributed by atoms with van der Waals surface area (Å²) >= 11 is 0. The first kappa shape index (κ1) is 18.3. The molecule has 4 nitrogen and oxygen atoms in total. The van der Waals surface area contributed by atoms with Crippen LogP contribution < -0.4 is 0 Å². The SMILES string of the molecule is Cc1c(C(=O)N2CCCC2Cc2cccc(F)c2)cnn1-c1ccccc1F. The van der Waals surface area contributed by atoms with Gasteiger partial charge in [0.25, 0.3) is 5.91 Å². The van der Waals surface area contributed by atoms with E-state index in [9.17, 15) is 13.6 Å². The summed E-state index contributed by atoms with van der Waals surface area (Å²) in [4.78, 5) is 15.0. The summed E-state index contributed by atoms with van der Waals surface area (Å²) in [6.07, 6.45) is 3.90. The van der Waals surface area contributed by atoms with Crippen molar-refractivity contribution in [1.82, 2.24) is 14.7 Å². The van der Waals surface area contributed by atoms with Gasteiger partial charge >= 0.3 is 0 Å². The second-order valence-corrected chi connectivity index (χ2v) is 7.14. The second kappa shape index (κ2) is 7.54. The van der Waals surface area contributed by atoms with Crippen molar-refractivity contribution in [2.75, 3.05) is 6.54 Å². The monoisotopic (exact) mass is 381 g/mol. The van der Waals surface area contributed by atoms with Gasteiger partial charge in [-0.05, 0) is 56.0 Å². The van der Waals surface area contributed by atoms with Crippen molar-refractivity contribution in [1.29, 1.82) is 0 Å². The van der Waals surface area contributed by atoms with Crippen LogP contribution in [0.15, 0.2) is 54.7 Å². The third-order valence-electron chi connectivity index (χ3n) is 5.32. The Morgan fingerprint density at radius 3 is 2.79 bits per heavy atom. The van der Waals surface area contributed by atoms with Crippen LogP contribution in [0.2, 0.25) is 0 Å². The van der Waals surface area contributed by atoms with Crippen LogP contribution in [0.25, 0.3) is 5.69 Å². The molecule has 6 heteroatoms. The summed E-state index contributed by atoms with van der Waals surface area (Å²) in [5, 5.41) is 4.24. The lowest BCUT2D eigenvalue weighted by molar-refractivity contribution is 0.0735. The van der Waals surface area contributed by atoms with Gasteiger partial charge < -0.3 is 4.90 Å². The van der Waals surface area contributed by atoms with Crippen molar-refractivity contribution < 1.29 is 13.6 Å². The number of likely N-dealkylation sites (tertiary alicyclic amines) is 1. The molecule has 2 aromatic carbocycles. The van der Waals surface area contributed by atoms with E-state index in [1.165, 1.54) is 29.1 Å². The predicted molar refractivity (Wildman–Crippen MR) is 102 cm³/mol. The summed E-state index contributed by atoms with van der Waals surface area (Å²) in [5.41, 5.74) is 2.26. The number of amides is 1. The Morgan fingerprint density at radius 1 is 1.18 bits per heavy atom. The van der Waals surface area contributed by atoms with Gasteiger partial charge in [0, 0.05) is 12.6 Å².